The highest BCUT2D eigenvalue weighted by Crippen LogP contribution is 2.39. The van der Waals surface area contributed by atoms with E-state index >= 15 is 0 Å². The van der Waals surface area contributed by atoms with E-state index in [1.165, 1.54) is 6.07 Å². The standard InChI is InChI=1S/C13H14N4O3/c1-7-2-5-10(17(18)19)9(6-7)13-15-12(16-20-13)11(14)8-3-4-8/h2,5-6,8,11H,3-4,14H2,1H3. The van der Waals surface area contributed by atoms with Crippen molar-refractivity contribution in [3.8, 4) is 11.5 Å². The molecule has 20 heavy (non-hydrogen) atoms. The molecule has 1 aliphatic rings. The molecule has 1 atom stereocenters. The molecule has 0 bridgehead atoms. The third-order valence-corrected chi connectivity index (χ3v) is 3.45. The van der Waals surface area contributed by atoms with E-state index in [2.05, 4.69) is 10.1 Å². The van der Waals surface area contributed by atoms with Crippen molar-refractivity contribution in [2.75, 3.05) is 0 Å². The van der Waals surface area contributed by atoms with E-state index in [-0.39, 0.29) is 17.6 Å². The zero-order chi connectivity index (χ0) is 14.3. The van der Waals surface area contributed by atoms with Crippen molar-refractivity contribution in [2.24, 2.45) is 11.7 Å². The van der Waals surface area contributed by atoms with Crippen LogP contribution in [0.15, 0.2) is 22.7 Å². The average Bonchev–Trinajstić information content (AvgIpc) is 3.14. The minimum Gasteiger partial charge on any atom is -0.334 e. The predicted molar refractivity (Wildman–Crippen MR) is 70.8 cm³/mol. The van der Waals surface area contributed by atoms with Gasteiger partial charge in [0.2, 0.25) is 0 Å². The van der Waals surface area contributed by atoms with Crippen LogP contribution < -0.4 is 5.73 Å². The van der Waals surface area contributed by atoms with Crippen molar-refractivity contribution in [3.05, 3.63) is 39.7 Å². The molecule has 0 amide bonds. The molecule has 1 aliphatic carbocycles. The summed E-state index contributed by atoms with van der Waals surface area (Å²) in [4.78, 5) is 14.8. The molecule has 1 aromatic carbocycles. The highest BCUT2D eigenvalue weighted by atomic mass is 16.6. The SMILES string of the molecule is Cc1ccc([N+](=O)[O-])c(-c2nc(C(N)C3CC3)no2)c1. The molecule has 0 aliphatic heterocycles. The van der Waals surface area contributed by atoms with Crippen LogP contribution in [0, 0.1) is 23.0 Å². The van der Waals surface area contributed by atoms with Crippen molar-refractivity contribution in [1.29, 1.82) is 0 Å². The van der Waals surface area contributed by atoms with Gasteiger partial charge in [0.05, 0.1) is 11.0 Å². The summed E-state index contributed by atoms with van der Waals surface area (Å²) in [5, 5.41) is 14.9. The number of hydrogen-bond acceptors (Lipinski definition) is 6. The maximum absolute atomic E-state index is 11.1. The topological polar surface area (TPSA) is 108 Å². The van der Waals surface area contributed by atoms with Crippen LogP contribution in [0.4, 0.5) is 5.69 Å². The van der Waals surface area contributed by atoms with Crippen LogP contribution in [0.3, 0.4) is 0 Å². The van der Waals surface area contributed by atoms with E-state index in [4.69, 9.17) is 10.3 Å². The summed E-state index contributed by atoms with van der Waals surface area (Å²) in [6.45, 7) is 1.85. The lowest BCUT2D eigenvalue weighted by Crippen LogP contribution is -2.13. The molecule has 7 heteroatoms. The normalized spacial score (nSPS) is 16.1. The molecule has 2 N–H and O–H groups in total. The van der Waals surface area contributed by atoms with E-state index in [0.29, 0.717) is 17.3 Å². The Balaban J connectivity index is 2.00. The second-order valence-corrected chi connectivity index (χ2v) is 5.10. The summed E-state index contributed by atoms with van der Waals surface area (Å²) in [7, 11) is 0. The molecule has 2 aromatic rings. The maximum Gasteiger partial charge on any atom is 0.282 e. The molecule has 0 saturated heterocycles. The van der Waals surface area contributed by atoms with Crippen LogP contribution in [-0.2, 0) is 0 Å². The van der Waals surface area contributed by atoms with Gasteiger partial charge in [0, 0.05) is 6.07 Å². The summed E-state index contributed by atoms with van der Waals surface area (Å²) < 4.78 is 5.15. The summed E-state index contributed by atoms with van der Waals surface area (Å²) in [5.41, 5.74) is 7.17. The second kappa shape index (κ2) is 4.68. The number of nitro groups is 1. The van der Waals surface area contributed by atoms with E-state index < -0.39 is 4.92 Å². The molecule has 1 aromatic heterocycles. The Kier molecular flexibility index (Phi) is 2.98. The van der Waals surface area contributed by atoms with Gasteiger partial charge in [-0.05, 0) is 37.3 Å². The fraction of sp³-hybridized carbons (Fsp3) is 0.385. The monoisotopic (exact) mass is 274 g/mol. The Morgan fingerprint density at radius 2 is 2.25 bits per heavy atom. The number of nitrogens with zero attached hydrogens (tertiary/aromatic N) is 3. The molecule has 1 saturated carbocycles. The van der Waals surface area contributed by atoms with Crippen LogP contribution in [0.25, 0.3) is 11.5 Å². The highest BCUT2D eigenvalue weighted by molar-refractivity contribution is 5.67. The Morgan fingerprint density at radius 1 is 1.50 bits per heavy atom. The van der Waals surface area contributed by atoms with Gasteiger partial charge in [0.15, 0.2) is 5.82 Å². The van der Waals surface area contributed by atoms with E-state index in [1.54, 1.807) is 12.1 Å². The largest absolute Gasteiger partial charge is 0.334 e. The number of hydrogen-bond donors (Lipinski definition) is 1. The van der Waals surface area contributed by atoms with Gasteiger partial charge in [0.1, 0.15) is 5.56 Å². The van der Waals surface area contributed by atoms with Gasteiger partial charge in [-0.15, -0.1) is 0 Å². The van der Waals surface area contributed by atoms with Crippen LogP contribution in [-0.4, -0.2) is 15.1 Å². The highest BCUT2D eigenvalue weighted by Gasteiger charge is 2.33. The molecular weight excluding hydrogens is 260 g/mol. The summed E-state index contributed by atoms with van der Waals surface area (Å²) in [6.07, 6.45) is 2.13. The minimum absolute atomic E-state index is 0.0502. The third kappa shape index (κ3) is 2.27. The Bertz CT molecular complexity index is 663. The summed E-state index contributed by atoms with van der Waals surface area (Å²) in [6, 6.07) is 4.53. The number of nitro benzene ring substituents is 1. The van der Waals surface area contributed by atoms with Crippen LogP contribution in [0.5, 0.6) is 0 Å². The number of benzene rings is 1. The van der Waals surface area contributed by atoms with E-state index in [1.807, 2.05) is 6.92 Å². The van der Waals surface area contributed by atoms with Crippen molar-refractivity contribution >= 4 is 5.69 Å². The minimum atomic E-state index is -0.459. The van der Waals surface area contributed by atoms with Gasteiger partial charge in [-0.2, -0.15) is 4.98 Å². The molecule has 0 radical (unpaired) electrons. The predicted octanol–water partition coefficient (Wildman–Crippen LogP) is 2.36. The van der Waals surface area contributed by atoms with E-state index in [0.717, 1.165) is 18.4 Å². The number of nitrogens with two attached hydrogens (primary N) is 1. The first-order valence-electron chi connectivity index (χ1n) is 6.41. The first-order valence-corrected chi connectivity index (χ1v) is 6.41. The summed E-state index contributed by atoms with van der Waals surface area (Å²) >= 11 is 0. The van der Waals surface area contributed by atoms with Gasteiger partial charge in [-0.1, -0.05) is 11.2 Å². The smallest absolute Gasteiger partial charge is 0.282 e. The molecule has 7 nitrogen and oxygen atoms in total. The zero-order valence-corrected chi connectivity index (χ0v) is 10.9. The fourth-order valence-electron chi connectivity index (χ4n) is 2.13. The van der Waals surface area contributed by atoms with Gasteiger partial charge in [-0.3, -0.25) is 10.1 Å². The number of aromatic nitrogens is 2. The number of rotatable bonds is 4. The summed E-state index contributed by atoms with van der Waals surface area (Å²) in [5.74, 6) is 0.956. The lowest BCUT2D eigenvalue weighted by Gasteiger charge is -2.02. The van der Waals surface area contributed by atoms with Crippen molar-refractivity contribution in [3.63, 3.8) is 0 Å². The Morgan fingerprint density at radius 3 is 2.90 bits per heavy atom. The van der Waals surface area contributed by atoms with Crippen molar-refractivity contribution < 1.29 is 9.45 Å². The van der Waals surface area contributed by atoms with Gasteiger partial charge in [0.25, 0.3) is 11.6 Å². The van der Waals surface area contributed by atoms with Gasteiger partial charge < -0.3 is 10.3 Å². The molecule has 1 heterocycles. The van der Waals surface area contributed by atoms with Crippen LogP contribution >= 0.6 is 0 Å². The number of aryl methyl sites for hydroxylation is 1. The quantitative estimate of drug-likeness (QED) is 0.677. The van der Waals surface area contributed by atoms with Crippen molar-refractivity contribution in [1.82, 2.24) is 10.1 Å². The first kappa shape index (κ1) is 12.7. The average molecular weight is 274 g/mol. The molecule has 1 unspecified atom stereocenters. The lowest BCUT2D eigenvalue weighted by molar-refractivity contribution is -0.384. The molecule has 104 valence electrons. The van der Waals surface area contributed by atoms with Gasteiger partial charge in [-0.25, -0.2) is 0 Å². The second-order valence-electron chi connectivity index (χ2n) is 5.10. The first-order chi connectivity index (χ1) is 9.56. The molecular formula is C13H14N4O3. The Hall–Kier alpha value is -2.28. The van der Waals surface area contributed by atoms with E-state index in [9.17, 15) is 10.1 Å². The fourth-order valence-corrected chi connectivity index (χ4v) is 2.13. The lowest BCUT2D eigenvalue weighted by atomic mass is 10.1. The molecule has 0 spiro atoms. The third-order valence-electron chi connectivity index (χ3n) is 3.45. The van der Waals surface area contributed by atoms with Gasteiger partial charge >= 0.3 is 0 Å². The molecule has 3 rings (SSSR count). The van der Waals surface area contributed by atoms with Crippen LogP contribution in [0.2, 0.25) is 0 Å². The van der Waals surface area contributed by atoms with Crippen molar-refractivity contribution in [2.45, 2.75) is 25.8 Å². The maximum atomic E-state index is 11.1. The Labute approximate surface area is 114 Å². The molecule has 1 fully saturated rings. The zero-order valence-electron chi connectivity index (χ0n) is 10.9. The van der Waals surface area contributed by atoms with Crippen LogP contribution in [0.1, 0.15) is 30.3 Å².